The second-order valence-electron chi connectivity index (χ2n) is 5.81. The molecule has 1 aliphatic rings. The SMILES string of the molecule is COc1cc(OC)c2c(O)c3c(c(OC)c2c1)O[C@@H](C)[C@H](C)C3=O. The summed E-state index contributed by atoms with van der Waals surface area (Å²) in [5, 5.41) is 11.7. The van der Waals surface area contributed by atoms with Crippen LogP contribution in [0.1, 0.15) is 24.2 Å². The van der Waals surface area contributed by atoms with E-state index in [1.807, 2.05) is 6.92 Å². The Morgan fingerprint density at radius 1 is 1.08 bits per heavy atom. The number of methoxy groups -OCH3 is 3. The van der Waals surface area contributed by atoms with Gasteiger partial charge in [-0.15, -0.1) is 0 Å². The summed E-state index contributed by atoms with van der Waals surface area (Å²) in [4.78, 5) is 12.7. The number of benzene rings is 2. The molecule has 0 aliphatic carbocycles. The maximum atomic E-state index is 12.7. The van der Waals surface area contributed by atoms with Gasteiger partial charge >= 0.3 is 0 Å². The van der Waals surface area contributed by atoms with Gasteiger partial charge in [-0.05, 0) is 13.0 Å². The molecule has 0 fully saturated rings. The molecule has 0 aromatic heterocycles. The largest absolute Gasteiger partial charge is 0.506 e. The highest BCUT2D eigenvalue weighted by Gasteiger charge is 2.38. The van der Waals surface area contributed by atoms with Crippen LogP contribution in [0, 0.1) is 5.92 Å². The second kappa shape index (κ2) is 5.78. The van der Waals surface area contributed by atoms with Crippen LogP contribution in [0.15, 0.2) is 12.1 Å². The fourth-order valence-corrected chi connectivity index (χ4v) is 3.03. The molecule has 0 unspecified atom stereocenters. The summed E-state index contributed by atoms with van der Waals surface area (Å²) in [7, 11) is 4.52. The Labute approximate surface area is 139 Å². The molecule has 0 saturated carbocycles. The van der Waals surface area contributed by atoms with Crippen molar-refractivity contribution in [3.63, 3.8) is 0 Å². The molecule has 2 aromatic carbocycles. The first-order valence-electron chi connectivity index (χ1n) is 7.64. The standard InChI is InChI=1S/C18H20O6/c1-8-9(2)24-18-14(15(8)19)16(20)13-11(17(18)23-5)6-10(21-3)7-12(13)22-4/h6-9,20H,1-5H3/t8-,9-/m0/s1. The fourth-order valence-electron chi connectivity index (χ4n) is 3.03. The highest BCUT2D eigenvalue weighted by molar-refractivity contribution is 6.13. The average Bonchev–Trinajstić information content (AvgIpc) is 2.58. The summed E-state index contributed by atoms with van der Waals surface area (Å²) in [5.74, 6) is 0.858. The first-order chi connectivity index (χ1) is 11.4. The van der Waals surface area contributed by atoms with Crippen LogP contribution in [0.25, 0.3) is 10.8 Å². The van der Waals surface area contributed by atoms with Crippen molar-refractivity contribution in [2.75, 3.05) is 21.3 Å². The van der Waals surface area contributed by atoms with Gasteiger partial charge < -0.3 is 24.1 Å². The summed E-state index contributed by atoms with van der Waals surface area (Å²) in [6, 6.07) is 3.36. The van der Waals surface area contributed by atoms with E-state index in [-0.39, 0.29) is 34.9 Å². The molecule has 1 N–H and O–H groups in total. The lowest BCUT2D eigenvalue weighted by atomic mass is 9.88. The van der Waals surface area contributed by atoms with Crippen LogP contribution >= 0.6 is 0 Å². The number of ether oxygens (including phenoxy) is 4. The molecular weight excluding hydrogens is 312 g/mol. The maximum Gasteiger partial charge on any atom is 0.177 e. The number of rotatable bonds is 3. The Morgan fingerprint density at radius 3 is 2.38 bits per heavy atom. The van der Waals surface area contributed by atoms with E-state index < -0.39 is 0 Å². The maximum absolute atomic E-state index is 12.7. The Balaban J connectivity index is 2.48. The smallest absolute Gasteiger partial charge is 0.177 e. The third kappa shape index (κ3) is 2.13. The van der Waals surface area contributed by atoms with E-state index in [1.54, 1.807) is 19.1 Å². The van der Waals surface area contributed by atoms with Crippen LogP contribution in [0.2, 0.25) is 0 Å². The van der Waals surface area contributed by atoms with Crippen molar-refractivity contribution >= 4 is 16.6 Å². The van der Waals surface area contributed by atoms with Crippen LogP contribution in [0.5, 0.6) is 28.7 Å². The molecule has 2 aromatic rings. The third-order valence-corrected chi connectivity index (χ3v) is 4.55. The topological polar surface area (TPSA) is 74.2 Å². The molecule has 2 atom stereocenters. The van der Waals surface area contributed by atoms with Crippen molar-refractivity contribution in [2.24, 2.45) is 5.92 Å². The Kier molecular flexibility index (Phi) is 3.91. The number of hydrogen-bond acceptors (Lipinski definition) is 6. The summed E-state index contributed by atoms with van der Waals surface area (Å²) < 4.78 is 22.1. The number of phenols is 1. The number of Topliss-reactive ketones (excluding diaryl/α,β-unsaturated/α-hetero) is 1. The fraction of sp³-hybridized carbons (Fsp3) is 0.389. The number of carbonyl (C=O) groups excluding carboxylic acids is 1. The van der Waals surface area contributed by atoms with E-state index in [0.29, 0.717) is 28.0 Å². The molecule has 0 radical (unpaired) electrons. The minimum Gasteiger partial charge on any atom is -0.506 e. The Morgan fingerprint density at radius 2 is 1.79 bits per heavy atom. The molecule has 24 heavy (non-hydrogen) atoms. The van der Waals surface area contributed by atoms with Gasteiger partial charge in [-0.1, -0.05) is 6.92 Å². The zero-order chi connectivity index (χ0) is 17.6. The van der Waals surface area contributed by atoms with E-state index in [0.717, 1.165) is 0 Å². The zero-order valence-corrected chi connectivity index (χ0v) is 14.3. The zero-order valence-electron chi connectivity index (χ0n) is 14.3. The molecule has 1 aliphatic heterocycles. The van der Waals surface area contributed by atoms with Crippen molar-refractivity contribution in [1.82, 2.24) is 0 Å². The molecule has 1 heterocycles. The number of phenolic OH excluding ortho intramolecular Hbond substituents is 1. The number of fused-ring (bicyclic) bond motifs is 2. The van der Waals surface area contributed by atoms with Gasteiger partial charge in [0.05, 0.1) is 32.6 Å². The molecule has 128 valence electrons. The van der Waals surface area contributed by atoms with Gasteiger partial charge in [0.15, 0.2) is 17.3 Å². The lowest BCUT2D eigenvalue weighted by Gasteiger charge is -2.30. The number of carbonyl (C=O) groups is 1. The van der Waals surface area contributed by atoms with Crippen LogP contribution in [0.3, 0.4) is 0 Å². The lowest BCUT2D eigenvalue weighted by Crippen LogP contribution is -2.33. The van der Waals surface area contributed by atoms with E-state index in [2.05, 4.69) is 0 Å². The molecule has 0 bridgehead atoms. The number of hydrogen-bond donors (Lipinski definition) is 1. The minimum absolute atomic E-state index is 0.133. The van der Waals surface area contributed by atoms with Crippen molar-refractivity contribution in [3.8, 4) is 28.7 Å². The first kappa shape index (κ1) is 16.2. The molecule has 3 rings (SSSR count). The van der Waals surface area contributed by atoms with Crippen LogP contribution in [0.4, 0.5) is 0 Å². The highest BCUT2D eigenvalue weighted by Crippen LogP contribution is 2.52. The number of ketones is 1. The summed E-state index contributed by atoms with van der Waals surface area (Å²) in [5.41, 5.74) is 0.133. The van der Waals surface area contributed by atoms with E-state index in [1.165, 1.54) is 21.3 Å². The van der Waals surface area contributed by atoms with Gasteiger partial charge in [0.2, 0.25) is 0 Å². The second-order valence-corrected chi connectivity index (χ2v) is 5.81. The van der Waals surface area contributed by atoms with E-state index in [4.69, 9.17) is 18.9 Å². The van der Waals surface area contributed by atoms with Crippen LogP contribution < -0.4 is 18.9 Å². The monoisotopic (exact) mass is 332 g/mol. The summed E-state index contributed by atoms with van der Waals surface area (Å²) in [6.07, 6.45) is -0.316. The Bertz CT molecular complexity index is 826. The minimum atomic E-state index is -0.366. The first-order valence-corrected chi connectivity index (χ1v) is 7.64. The van der Waals surface area contributed by atoms with Gasteiger partial charge in [0.25, 0.3) is 0 Å². The van der Waals surface area contributed by atoms with Gasteiger partial charge in [-0.3, -0.25) is 4.79 Å². The van der Waals surface area contributed by atoms with Gasteiger partial charge in [0, 0.05) is 11.5 Å². The van der Waals surface area contributed by atoms with Gasteiger partial charge in [-0.25, -0.2) is 0 Å². The summed E-state index contributed by atoms with van der Waals surface area (Å²) >= 11 is 0. The van der Waals surface area contributed by atoms with Crippen LogP contribution in [-0.2, 0) is 0 Å². The average molecular weight is 332 g/mol. The molecular formula is C18H20O6. The van der Waals surface area contributed by atoms with Crippen molar-refractivity contribution < 1.29 is 28.8 Å². The van der Waals surface area contributed by atoms with E-state index >= 15 is 0 Å². The Hall–Kier alpha value is -2.63. The highest BCUT2D eigenvalue weighted by atomic mass is 16.5. The van der Waals surface area contributed by atoms with Crippen molar-refractivity contribution in [2.45, 2.75) is 20.0 Å². The third-order valence-electron chi connectivity index (χ3n) is 4.55. The molecule has 6 heteroatoms. The van der Waals surface area contributed by atoms with Gasteiger partial charge in [0.1, 0.15) is 28.9 Å². The van der Waals surface area contributed by atoms with Gasteiger partial charge in [-0.2, -0.15) is 0 Å². The van der Waals surface area contributed by atoms with Crippen molar-refractivity contribution in [3.05, 3.63) is 17.7 Å². The molecule has 0 saturated heterocycles. The summed E-state index contributed by atoms with van der Waals surface area (Å²) in [6.45, 7) is 3.59. The predicted molar refractivity (Wildman–Crippen MR) is 88.9 cm³/mol. The van der Waals surface area contributed by atoms with Crippen molar-refractivity contribution in [1.29, 1.82) is 0 Å². The quantitative estimate of drug-likeness (QED) is 0.930. The normalized spacial score (nSPS) is 19.6. The lowest BCUT2D eigenvalue weighted by molar-refractivity contribution is 0.0717. The van der Waals surface area contributed by atoms with E-state index in [9.17, 15) is 9.90 Å². The molecule has 0 spiro atoms. The molecule has 6 nitrogen and oxygen atoms in total. The molecule has 0 amide bonds. The number of aromatic hydroxyl groups is 1. The van der Waals surface area contributed by atoms with Crippen LogP contribution in [-0.4, -0.2) is 38.3 Å². The predicted octanol–water partition coefficient (Wildman–Crippen LogP) is 3.17.